The van der Waals surface area contributed by atoms with Gasteiger partial charge in [0.1, 0.15) is 0 Å². The Bertz CT molecular complexity index is 490. The second-order valence-corrected chi connectivity index (χ2v) is 6.44. The zero-order valence-electron chi connectivity index (χ0n) is 10.9. The number of hydrogen-bond acceptors (Lipinski definition) is 4. The molecule has 20 heavy (non-hydrogen) atoms. The van der Waals surface area contributed by atoms with Gasteiger partial charge in [-0.15, -0.1) is 11.3 Å². The summed E-state index contributed by atoms with van der Waals surface area (Å²) in [6.45, 7) is 1.28. The number of morpholine rings is 1. The van der Waals surface area contributed by atoms with Crippen LogP contribution in [-0.2, 0) is 20.7 Å². The SMILES string of the molecule is O=C(O)CC1CN(C(=O)CCc2ccc(Cl)s2)CCO1. The Hall–Kier alpha value is -1.11. The summed E-state index contributed by atoms with van der Waals surface area (Å²) in [5, 5.41) is 8.75. The third kappa shape index (κ3) is 4.47. The highest BCUT2D eigenvalue weighted by molar-refractivity contribution is 7.16. The Kier molecular flexibility index (Phi) is 5.39. The van der Waals surface area contributed by atoms with Crippen molar-refractivity contribution in [2.75, 3.05) is 19.7 Å². The van der Waals surface area contributed by atoms with Gasteiger partial charge in [-0.3, -0.25) is 9.59 Å². The fourth-order valence-electron chi connectivity index (χ4n) is 2.14. The number of carbonyl (C=O) groups excluding carboxylic acids is 1. The van der Waals surface area contributed by atoms with Crippen molar-refractivity contribution in [2.24, 2.45) is 0 Å². The van der Waals surface area contributed by atoms with Gasteiger partial charge in [0.2, 0.25) is 5.91 Å². The minimum absolute atomic E-state index is 0.0354. The second kappa shape index (κ2) is 7.06. The molecule has 1 saturated heterocycles. The van der Waals surface area contributed by atoms with Gasteiger partial charge in [-0.25, -0.2) is 0 Å². The number of nitrogens with zero attached hydrogens (tertiary/aromatic N) is 1. The molecule has 1 amide bonds. The molecular formula is C13H16ClNO4S. The van der Waals surface area contributed by atoms with Crippen LogP contribution in [0.5, 0.6) is 0 Å². The molecule has 7 heteroatoms. The van der Waals surface area contributed by atoms with E-state index in [1.54, 1.807) is 4.90 Å². The van der Waals surface area contributed by atoms with E-state index in [1.807, 2.05) is 12.1 Å². The summed E-state index contributed by atoms with van der Waals surface area (Å²) < 4.78 is 6.07. The van der Waals surface area contributed by atoms with Gasteiger partial charge >= 0.3 is 5.97 Å². The van der Waals surface area contributed by atoms with Crippen molar-refractivity contribution in [3.8, 4) is 0 Å². The normalized spacial score (nSPS) is 19.1. The first kappa shape index (κ1) is 15.3. The highest BCUT2D eigenvalue weighted by atomic mass is 35.5. The van der Waals surface area contributed by atoms with E-state index in [0.29, 0.717) is 32.5 Å². The molecule has 110 valence electrons. The fraction of sp³-hybridized carbons (Fsp3) is 0.538. The Morgan fingerprint density at radius 1 is 1.50 bits per heavy atom. The lowest BCUT2D eigenvalue weighted by molar-refractivity contribution is -0.147. The summed E-state index contributed by atoms with van der Waals surface area (Å²) in [5.74, 6) is -0.870. The number of hydrogen-bond donors (Lipinski definition) is 1. The van der Waals surface area contributed by atoms with Crippen LogP contribution in [-0.4, -0.2) is 47.7 Å². The number of amides is 1. The van der Waals surface area contributed by atoms with Gasteiger partial charge in [0, 0.05) is 24.4 Å². The van der Waals surface area contributed by atoms with Crippen LogP contribution in [0.3, 0.4) is 0 Å². The number of halogens is 1. The molecule has 1 aromatic rings. The van der Waals surface area contributed by atoms with Crippen molar-refractivity contribution >= 4 is 34.8 Å². The fourth-order valence-corrected chi connectivity index (χ4v) is 3.23. The molecule has 1 fully saturated rings. The first-order chi connectivity index (χ1) is 9.54. The summed E-state index contributed by atoms with van der Waals surface area (Å²) in [5.41, 5.74) is 0. The summed E-state index contributed by atoms with van der Waals surface area (Å²) >= 11 is 7.32. The minimum atomic E-state index is -0.905. The molecule has 0 bridgehead atoms. The standard InChI is InChI=1S/C13H16ClNO4S/c14-11-3-1-10(20-11)2-4-12(16)15-5-6-19-9(8-15)7-13(17)18/h1,3,9H,2,4-8H2,(H,17,18). The van der Waals surface area contributed by atoms with E-state index in [4.69, 9.17) is 21.4 Å². The van der Waals surface area contributed by atoms with E-state index in [0.717, 1.165) is 9.21 Å². The largest absolute Gasteiger partial charge is 0.481 e. The summed E-state index contributed by atoms with van der Waals surface area (Å²) in [6, 6.07) is 3.75. The molecule has 1 unspecified atom stereocenters. The molecule has 1 aliphatic heterocycles. The molecular weight excluding hydrogens is 302 g/mol. The molecule has 5 nitrogen and oxygen atoms in total. The number of aliphatic carboxylic acids is 1. The quantitative estimate of drug-likeness (QED) is 0.902. The molecule has 1 aromatic heterocycles. The van der Waals surface area contributed by atoms with Crippen LogP contribution in [0, 0.1) is 0 Å². The summed E-state index contributed by atoms with van der Waals surface area (Å²) in [4.78, 5) is 25.5. The van der Waals surface area contributed by atoms with E-state index >= 15 is 0 Å². The maximum absolute atomic E-state index is 12.1. The smallest absolute Gasteiger partial charge is 0.306 e. The average molecular weight is 318 g/mol. The second-order valence-electron chi connectivity index (χ2n) is 4.64. The van der Waals surface area contributed by atoms with Crippen LogP contribution < -0.4 is 0 Å². The van der Waals surface area contributed by atoms with Gasteiger partial charge in [-0.05, 0) is 18.6 Å². The molecule has 1 atom stereocenters. The third-order valence-electron chi connectivity index (χ3n) is 3.11. The molecule has 0 aliphatic carbocycles. The van der Waals surface area contributed by atoms with Crippen molar-refractivity contribution in [2.45, 2.75) is 25.4 Å². The molecule has 1 aliphatic rings. The number of thiophene rings is 1. The van der Waals surface area contributed by atoms with Crippen molar-refractivity contribution in [1.82, 2.24) is 4.90 Å². The van der Waals surface area contributed by atoms with Gasteiger partial charge in [0.15, 0.2) is 0 Å². The lowest BCUT2D eigenvalue weighted by atomic mass is 10.2. The van der Waals surface area contributed by atoms with Crippen LogP contribution in [0.4, 0.5) is 0 Å². The zero-order chi connectivity index (χ0) is 14.5. The van der Waals surface area contributed by atoms with E-state index in [-0.39, 0.29) is 12.3 Å². The molecule has 2 heterocycles. The van der Waals surface area contributed by atoms with Crippen LogP contribution in [0.1, 0.15) is 17.7 Å². The van der Waals surface area contributed by atoms with Crippen LogP contribution in [0.2, 0.25) is 4.34 Å². The molecule has 0 saturated carbocycles. The number of carboxylic acids is 1. The predicted molar refractivity (Wildman–Crippen MR) is 76.2 cm³/mol. The third-order valence-corrected chi connectivity index (χ3v) is 4.40. The number of ether oxygens (including phenoxy) is 1. The lowest BCUT2D eigenvalue weighted by Gasteiger charge is -2.32. The Labute approximate surface area is 126 Å². The minimum Gasteiger partial charge on any atom is -0.481 e. The van der Waals surface area contributed by atoms with Gasteiger partial charge in [0.05, 0.1) is 23.5 Å². The highest BCUT2D eigenvalue weighted by Gasteiger charge is 2.25. The molecule has 0 aromatic carbocycles. The van der Waals surface area contributed by atoms with E-state index in [2.05, 4.69) is 0 Å². The maximum atomic E-state index is 12.1. The van der Waals surface area contributed by atoms with Crippen LogP contribution in [0.25, 0.3) is 0 Å². The number of carbonyl (C=O) groups is 2. The number of aryl methyl sites for hydroxylation is 1. The van der Waals surface area contributed by atoms with Crippen molar-refractivity contribution in [1.29, 1.82) is 0 Å². The van der Waals surface area contributed by atoms with Gasteiger partial charge < -0.3 is 14.7 Å². The van der Waals surface area contributed by atoms with Crippen molar-refractivity contribution < 1.29 is 19.4 Å². The Morgan fingerprint density at radius 3 is 2.95 bits per heavy atom. The van der Waals surface area contributed by atoms with Gasteiger partial charge in [-0.1, -0.05) is 11.6 Å². The number of carboxylic acid groups (broad SMARTS) is 1. The molecule has 0 spiro atoms. The van der Waals surface area contributed by atoms with Crippen LogP contribution in [0.15, 0.2) is 12.1 Å². The Morgan fingerprint density at radius 2 is 2.30 bits per heavy atom. The van der Waals surface area contributed by atoms with Gasteiger partial charge in [0.25, 0.3) is 0 Å². The van der Waals surface area contributed by atoms with E-state index in [9.17, 15) is 9.59 Å². The van der Waals surface area contributed by atoms with Crippen molar-refractivity contribution in [3.63, 3.8) is 0 Å². The van der Waals surface area contributed by atoms with E-state index in [1.165, 1.54) is 11.3 Å². The topological polar surface area (TPSA) is 66.8 Å². The molecule has 0 radical (unpaired) electrons. The monoisotopic (exact) mass is 317 g/mol. The van der Waals surface area contributed by atoms with Crippen LogP contribution >= 0.6 is 22.9 Å². The zero-order valence-corrected chi connectivity index (χ0v) is 12.5. The number of rotatable bonds is 5. The maximum Gasteiger partial charge on any atom is 0.306 e. The molecule has 2 rings (SSSR count). The summed E-state index contributed by atoms with van der Waals surface area (Å²) in [7, 11) is 0. The van der Waals surface area contributed by atoms with E-state index < -0.39 is 12.1 Å². The Balaban J connectivity index is 1.81. The first-order valence-corrected chi connectivity index (χ1v) is 7.59. The van der Waals surface area contributed by atoms with Gasteiger partial charge in [-0.2, -0.15) is 0 Å². The average Bonchev–Trinajstić information content (AvgIpc) is 2.81. The highest BCUT2D eigenvalue weighted by Crippen LogP contribution is 2.22. The predicted octanol–water partition coefficient (Wildman–Crippen LogP) is 2.04. The first-order valence-electron chi connectivity index (χ1n) is 6.40. The molecule has 1 N–H and O–H groups in total. The van der Waals surface area contributed by atoms with Crippen molar-refractivity contribution in [3.05, 3.63) is 21.3 Å². The lowest BCUT2D eigenvalue weighted by Crippen LogP contribution is -2.46. The summed E-state index contributed by atoms with van der Waals surface area (Å²) in [6.07, 6.45) is 0.611.